The largest absolute Gasteiger partial charge is 0.367 e. The molecule has 34 heavy (non-hydrogen) atoms. The van der Waals surface area contributed by atoms with Crippen LogP contribution in [0.5, 0.6) is 0 Å². The molecule has 6 nitrogen and oxygen atoms in total. The molecule has 0 aromatic heterocycles. The fourth-order valence-corrected chi connectivity index (χ4v) is 4.63. The molecule has 5 rings (SSSR count). The van der Waals surface area contributed by atoms with E-state index >= 15 is 0 Å². The van der Waals surface area contributed by atoms with E-state index in [-0.39, 0.29) is 5.57 Å². The van der Waals surface area contributed by atoms with Gasteiger partial charge in [0, 0.05) is 23.8 Å². The van der Waals surface area contributed by atoms with Gasteiger partial charge in [-0.25, -0.2) is 9.69 Å². The number of carbonyl (C=O) groups is 3. The van der Waals surface area contributed by atoms with E-state index in [0.29, 0.717) is 12.2 Å². The van der Waals surface area contributed by atoms with Crippen LogP contribution in [-0.2, 0) is 22.6 Å². The van der Waals surface area contributed by atoms with Gasteiger partial charge in [0.05, 0.1) is 5.69 Å². The molecule has 0 bridgehead atoms. The highest BCUT2D eigenvalue weighted by molar-refractivity contribution is 6.39. The maximum Gasteiger partial charge on any atom is 0.335 e. The molecule has 170 valence electrons. The first-order chi connectivity index (χ1) is 16.4. The molecule has 1 N–H and O–H groups in total. The lowest BCUT2D eigenvalue weighted by molar-refractivity contribution is -0.122. The molecule has 2 heterocycles. The van der Waals surface area contributed by atoms with Crippen LogP contribution in [0.4, 0.5) is 16.2 Å². The van der Waals surface area contributed by atoms with Gasteiger partial charge in [-0.2, -0.15) is 0 Å². The zero-order valence-electron chi connectivity index (χ0n) is 18.5. The summed E-state index contributed by atoms with van der Waals surface area (Å²) in [6.45, 7) is 3.38. The maximum absolute atomic E-state index is 13.2. The number of imide groups is 2. The monoisotopic (exact) mass is 471 g/mol. The summed E-state index contributed by atoms with van der Waals surface area (Å²) in [5, 5.41) is 3.03. The standard InChI is InChI=1S/C27H22ClN3O3/c1-17-6-2-5-9-23(17)31-26(33)21(25(32)29-27(31)34)15-18-10-11-24-19(14-18)12-13-30(24)16-20-7-3-4-8-22(20)28/h2-11,14-15H,12-13,16H2,1H3,(H,29,32,34)/b21-15+. The molecule has 0 atom stereocenters. The van der Waals surface area contributed by atoms with Gasteiger partial charge >= 0.3 is 6.03 Å². The summed E-state index contributed by atoms with van der Waals surface area (Å²) in [7, 11) is 0. The molecular weight excluding hydrogens is 450 g/mol. The first kappa shape index (κ1) is 21.9. The summed E-state index contributed by atoms with van der Waals surface area (Å²) < 4.78 is 0. The number of fused-ring (bicyclic) bond motifs is 1. The first-order valence-corrected chi connectivity index (χ1v) is 11.4. The third-order valence-corrected chi connectivity index (χ3v) is 6.55. The van der Waals surface area contributed by atoms with Crippen LogP contribution in [0.3, 0.4) is 0 Å². The number of urea groups is 1. The van der Waals surface area contributed by atoms with Crippen LogP contribution in [-0.4, -0.2) is 24.4 Å². The molecule has 0 saturated carbocycles. The van der Waals surface area contributed by atoms with Gasteiger partial charge in [-0.15, -0.1) is 0 Å². The molecule has 0 spiro atoms. The van der Waals surface area contributed by atoms with Gasteiger partial charge < -0.3 is 4.90 Å². The van der Waals surface area contributed by atoms with Crippen molar-refractivity contribution in [3.8, 4) is 0 Å². The van der Waals surface area contributed by atoms with Crippen molar-refractivity contribution in [2.75, 3.05) is 16.3 Å². The van der Waals surface area contributed by atoms with Crippen molar-refractivity contribution >= 4 is 46.9 Å². The molecule has 0 unspecified atom stereocenters. The smallest absolute Gasteiger partial charge is 0.335 e. The Morgan fingerprint density at radius 1 is 0.971 bits per heavy atom. The number of nitrogens with one attached hydrogen (secondary N) is 1. The number of para-hydroxylation sites is 1. The van der Waals surface area contributed by atoms with Gasteiger partial charge in [-0.1, -0.05) is 54.1 Å². The molecule has 3 aromatic rings. The average Bonchev–Trinajstić information content (AvgIpc) is 3.21. The molecule has 0 aliphatic carbocycles. The van der Waals surface area contributed by atoms with Crippen LogP contribution in [0.1, 0.15) is 22.3 Å². The third-order valence-electron chi connectivity index (χ3n) is 6.18. The Balaban J connectivity index is 1.43. The second kappa shape index (κ2) is 8.80. The van der Waals surface area contributed by atoms with Gasteiger partial charge in [0.25, 0.3) is 11.8 Å². The van der Waals surface area contributed by atoms with Crippen LogP contribution >= 0.6 is 11.6 Å². The summed E-state index contributed by atoms with van der Waals surface area (Å²) in [5.74, 6) is -1.33. The molecule has 3 aromatic carbocycles. The zero-order valence-corrected chi connectivity index (χ0v) is 19.3. The highest BCUT2D eigenvalue weighted by atomic mass is 35.5. The van der Waals surface area contributed by atoms with Crippen molar-refractivity contribution in [1.29, 1.82) is 0 Å². The van der Waals surface area contributed by atoms with E-state index in [1.54, 1.807) is 18.2 Å². The summed E-state index contributed by atoms with van der Waals surface area (Å²) in [5.41, 5.74) is 5.18. The van der Waals surface area contributed by atoms with Gasteiger partial charge in [0.1, 0.15) is 5.57 Å². The summed E-state index contributed by atoms with van der Waals surface area (Å²) >= 11 is 6.33. The molecule has 2 aliphatic rings. The van der Waals surface area contributed by atoms with Crippen LogP contribution in [0.2, 0.25) is 5.02 Å². The number of anilines is 2. The minimum absolute atomic E-state index is 0.0753. The van der Waals surface area contributed by atoms with E-state index in [1.807, 2.05) is 61.5 Å². The lowest BCUT2D eigenvalue weighted by Gasteiger charge is -2.27. The van der Waals surface area contributed by atoms with Gasteiger partial charge in [0.15, 0.2) is 0 Å². The number of hydrogen-bond acceptors (Lipinski definition) is 4. The topological polar surface area (TPSA) is 69.7 Å². The number of hydrogen-bond donors (Lipinski definition) is 1. The van der Waals surface area contributed by atoms with E-state index < -0.39 is 17.8 Å². The van der Waals surface area contributed by atoms with E-state index in [1.165, 1.54) is 0 Å². The second-order valence-electron chi connectivity index (χ2n) is 8.40. The van der Waals surface area contributed by atoms with Gasteiger partial charge in [0.2, 0.25) is 0 Å². The number of benzene rings is 3. The predicted octanol–water partition coefficient (Wildman–Crippen LogP) is 4.88. The Morgan fingerprint density at radius 2 is 1.74 bits per heavy atom. The maximum atomic E-state index is 13.2. The van der Waals surface area contributed by atoms with Crippen molar-refractivity contribution in [3.05, 3.63) is 99.6 Å². The van der Waals surface area contributed by atoms with Crippen LogP contribution in [0, 0.1) is 6.92 Å². The molecule has 1 saturated heterocycles. The van der Waals surface area contributed by atoms with Crippen molar-refractivity contribution in [1.82, 2.24) is 5.32 Å². The number of barbiturate groups is 1. The quantitative estimate of drug-likeness (QED) is 0.435. The van der Waals surface area contributed by atoms with Crippen LogP contribution in [0.15, 0.2) is 72.3 Å². The molecule has 4 amide bonds. The highest BCUT2D eigenvalue weighted by Gasteiger charge is 2.37. The first-order valence-electron chi connectivity index (χ1n) is 11.0. The lowest BCUT2D eigenvalue weighted by Crippen LogP contribution is -2.54. The number of rotatable bonds is 4. The Bertz CT molecular complexity index is 1360. The number of halogens is 1. The minimum Gasteiger partial charge on any atom is -0.367 e. The second-order valence-corrected chi connectivity index (χ2v) is 8.80. The van der Waals surface area contributed by atoms with Crippen molar-refractivity contribution in [2.24, 2.45) is 0 Å². The number of aryl methyl sites for hydroxylation is 1. The average molecular weight is 472 g/mol. The lowest BCUT2D eigenvalue weighted by atomic mass is 10.0. The number of nitrogens with zero attached hydrogens (tertiary/aromatic N) is 2. The molecular formula is C27H22ClN3O3. The summed E-state index contributed by atoms with van der Waals surface area (Å²) in [6, 6.07) is 20.0. The Labute approximate surface area is 202 Å². The summed E-state index contributed by atoms with van der Waals surface area (Å²) in [4.78, 5) is 41.5. The zero-order chi connectivity index (χ0) is 23.8. The molecule has 2 aliphatic heterocycles. The normalized spacial score (nSPS) is 16.8. The van der Waals surface area contributed by atoms with Gasteiger partial charge in [-0.3, -0.25) is 14.9 Å². The van der Waals surface area contributed by atoms with E-state index in [4.69, 9.17) is 11.6 Å². The van der Waals surface area contributed by atoms with Crippen molar-refractivity contribution in [2.45, 2.75) is 19.9 Å². The highest BCUT2D eigenvalue weighted by Crippen LogP contribution is 2.32. The fraction of sp³-hybridized carbons (Fsp3) is 0.148. The Hall–Kier alpha value is -3.90. The number of amides is 4. The predicted molar refractivity (Wildman–Crippen MR) is 133 cm³/mol. The van der Waals surface area contributed by atoms with Crippen molar-refractivity contribution < 1.29 is 14.4 Å². The van der Waals surface area contributed by atoms with Crippen molar-refractivity contribution in [3.63, 3.8) is 0 Å². The molecule has 1 fully saturated rings. The van der Waals surface area contributed by atoms with E-state index in [2.05, 4.69) is 10.2 Å². The van der Waals surface area contributed by atoms with Crippen LogP contribution < -0.4 is 15.1 Å². The third kappa shape index (κ3) is 3.97. The number of carbonyl (C=O) groups excluding carboxylic acids is 3. The van der Waals surface area contributed by atoms with Crippen LogP contribution in [0.25, 0.3) is 6.08 Å². The van der Waals surface area contributed by atoms with E-state index in [0.717, 1.165) is 50.8 Å². The SMILES string of the molecule is Cc1ccccc1N1C(=O)NC(=O)/C(=C\c2ccc3c(c2)CCN3Cc2ccccc2Cl)C1=O. The van der Waals surface area contributed by atoms with Gasteiger partial charge in [-0.05, 0) is 65.9 Å². The van der Waals surface area contributed by atoms with E-state index in [9.17, 15) is 14.4 Å². The Kier molecular flexibility index (Phi) is 5.67. The molecule has 7 heteroatoms. The minimum atomic E-state index is -0.745. The Morgan fingerprint density at radius 3 is 2.53 bits per heavy atom. The molecule has 0 radical (unpaired) electrons. The summed E-state index contributed by atoms with van der Waals surface area (Å²) in [6.07, 6.45) is 2.40. The fourth-order valence-electron chi connectivity index (χ4n) is 4.43.